The van der Waals surface area contributed by atoms with E-state index in [1.807, 2.05) is 18.2 Å². The molecule has 1 N–H and O–H groups in total. The van der Waals surface area contributed by atoms with Crippen LogP contribution in [0.25, 0.3) is 0 Å². The molecule has 0 radical (unpaired) electrons. The molecule has 0 unspecified atom stereocenters. The van der Waals surface area contributed by atoms with Crippen molar-refractivity contribution in [2.45, 2.75) is 13.5 Å². The molecule has 3 rings (SSSR count). The highest BCUT2D eigenvalue weighted by atomic mass is 16.2. The summed E-state index contributed by atoms with van der Waals surface area (Å²) in [6.45, 7) is 4.42. The van der Waals surface area contributed by atoms with Gasteiger partial charge in [-0.1, -0.05) is 6.07 Å². The number of amides is 2. The molecule has 3 heterocycles. The molecular formula is C18H21N5O2. The second kappa shape index (κ2) is 7.74. The molecule has 25 heavy (non-hydrogen) atoms. The number of carbonyl (C=O) groups excluding carboxylic acids is 2. The Morgan fingerprint density at radius 2 is 1.84 bits per heavy atom. The molecule has 130 valence electrons. The fraction of sp³-hybridized carbons (Fsp3) is 0.333. The van der Waals surface area contributed by atoms with Crippen LogP contribution >= 0.6 is 0 Å². The van der Waals surface area contributed by atoms with Gasteiger partial charge in [0.25, 0.3) is 5.91 Å². The van der Waals surface area contributed by atoms with Gasteiger partial charge in [-0.05, 0) is 17.7 Å². The standard InChI is InChI=1S/C18H21N5O2/c1-14(24)22-5-7-23(8-6-22)18(25)16-9-17(13-20-12-16)21-11-15-3-2-4-19-10-15/h2-4,9-10,12-13,21H,5-8,11H2,1H3. The molecule has 1 aliphatic rings. The molecule has 2 amide bonds. The SMILES string of the molecule is CC(=O)N1CCN(C(=O)c2cncc(NCc3cccnc3)c2)CC1. The van der Waals surface area contributed by atoms with Crippen LogP contribution in [-0.4, -0.2) is 57.8 Å². The van der Waals surface area contributed by atoms with Crippen molar-refractivity contribution >= 4 is 17.5 Å². The molecular weight excluding hydrogens is 318 g/mol. The number of nitrogens with one attached hydrogen (secondary N) is 1. The fourth-order valence-electron chi connectivity index (χ4n) is 2.77. The van der Waals surface area contributed by atoms with Crippen molar-refractivity contribution < 1.29 is 9.59 Å². The van der Waals surface area contributed by atoms with Crippen molar-refractivity contribution in [3.8, 4) is 0 Å². The van der Waals surface area contributed by atoms with Gasteiger partial charge in [0, 0.05) is 64.4 Å². The summed E-state index contributed by atoms with van der Waals surface area (Å²) in [6.07, 6.45) is 6.80. The van der Waals surface area contributed by atoms with Gasteiger partial charge in [-0.3, -0.25) is 19.6 Å². The zero-order valence-electron chi connectivity index (χ0n) is 14.2. The number of anilines is 1. The Labute approximate surface area is 146 Å². The smallest absolute Gasteiger partial charge is 0.255 e. The zero-order chi connectivity index (χ0) is 17.6. The van der Waals surface area contributed by atoms with Crippen LogP contribution in [0, 0.1) is 0 Å². The lowest BCUT2D eigenvalue weighted by atomic mass is 10.2. The maximum Gasteiger partial charge on any atom is 0.255 e. The van der Waals surface area contributed by atoms with Gasteiger partial charge in [0.15, 0.2) is 0 Å². The van der Waals surface area contributed by atoms with Crippen LogP contribution in [0.1, 0.15) is 22.8 Å². The Morgan fingerprint density at radius 3 is 2.52 bits per heavy atom. The molecule has 0 saturated carbocycles. The van der Waals surface area contributed by atoms with E-state index in [9.17, 15) is 9.59 Å². The van der Waals surface area contributed by atoms with E-state index >= 15 is 0 Å². The number of nitrogens with zero attached hydrogens (tertiary/aromatic N) is 4. The van der Waals surface area contributed by atoms with Crippen LogP contribution in [0.15, 0.2) is 43.0 Å². The molecule has 2 aromatic heterocycles. The number of piperazine rings is 1. The van der Waals surface area contributed by atoms with Crippen LogP contribution in [0.5, 0.6) is 0 Å². The predicted octanol–water partition coefficient (Wildman–Crippen LogP) is 1.39. The second-order valence-corrected chi connectivity index (χ2v) is 5.98. The minimum absolute atomic E-state index is 0.0513. The fourth-order valence-corrected chi connectivity index (χ4v) is 2.77. The van der Waals surface area contributed by atoms with Gasteiger partial charge in [0.05, 0.1) is 11.3 Å². The summed E-state index contributed by atoms with van der Waals surface area (Å²) < 4.78 is 0. The van der Waals surface area contributed by atoms with Crippen molar-refractivity contribution in [1.82, 2.24) is 19.8 Å². The molecule has 0 bridgehead atoms. The van der Waals surface area contributed by atoms with Crippen molar-refractivity contribution in [2.75, 3.05) is 31.5 Å². The lowest BCUT2D eigenvalue weighted by molar-refractivity contribution is -0.130. The van der Waals surface area contributed by atoms with E-state index < -0.39 is 0 Å². The average molecular weight is 339 g/mol. The number of carbonyl (C=O) groups is 2. The Hall–Kier alpha value is -2.96. The largest absolute Gasteiger partial charge is 0.380 e. The van der Waals surface area contributed by atoms with E-state index in [0.717, 1.165) is 11.3 Å². The minimum atomic E-state index is -0.0549. The van der Waals surface area contributed by atoms with Crippen molar-refractivity contribution in [2.24, 2.45) is 0 Å². The van der Waals surface area contributed by atoms with E-state index in [0.29, 0.717) is 38.3 Å². The van der Waals surface area contributed by atoms with Crippen LogP contribution in [0.3, 0.4) is 0 Å². The average Bonchev–Trinajstić information content (AvgIpc) is 2.67. The molecule has 1 aliphatic heterocycles. The molecule has 2 aromatic rings. The Morgan fingerprint density at radius 1 is 1.08 bits per heavy atom. The molecule has 0 aromatic carbocycles. The van der Waals surface area contributed by atoms with Gasteiger partial charge in [-0.25, -0.2) is 0 Å². The Balaban J connectivity index is 1.61. The van der Waals surface area contributed by atoms with Crippen LogP contribution in [0.4, 0.5) is 5.69 Å². The molecule has 1 fully saturated rings. The Kier molecular flexibility index (Phi) is 5.23. The summed E-state index contributed by atoms with van der Waals surface area (Å²) in [5.41, 5.74) is 2.39. The first kappa shape index (κ1) is 16.9. The van der Waals surface area contributed by atoms with E-state index in [1.54, 1.807) is 41.5 Å². The van der Waals surface area contributed by atoms with E-state index in [-0.39, 0.29) is 11.8 Å². The molecule has 7 nitrogen and oxygen atoms in total. The maximum absolute atomic E-state index is 12.6. The summed E-state index contributed by atoms with van der Waals surface area (Å²) >= 11 is 0. The first-order chi connectivity index (χ1) is 12.1. The summed E-state index contributed by atoms with van der Waals surface area (Å²) in [7, 11) is 0. The first-order valence-corrected chi connectivity index (χ1v) is 8.26. The van der Waals surface area contributed by atoms with E-state index in [2.05, 4.69) is 15.3 Å². The van der Waals surface area contributed by atoms with Gasteiger partial charge in [0.1, 0.15) is 0 Å². The van der Waals surface area contributed by atoms with Crippen LogP contribution in [0.2, 0.25) is 0 Å². The molecule has 0 spiro atoms. The highest BCUT2D eigenvalue weighted by Gasteiger charge is 2.23. The summed E-state index contributed by atoms with van der Waals surface area (Å²) in [6, 6.07) is 5.68. The first-order valence-electron chi connectivity index (χ1n) is 8.26. The van der Waals surface area contributed by atoms with Crippen molar-refractivity contribution in [3.05, 3.63) is 54.1 Å². The van der Waals surface area contributed by atoms with Crippen molar-refractivity contribution in [3.63, 3.8) is 0 Å². The minimum Gasteiger partial charge on any atom is -0.380 e. The van der Waals surface area contributed by atoms with E-state index in [1.165, 1.54) is 0 Å². The number of aromatic nitrogens is 2. The van der Waals surface area contributed by atoms with Crippen LogP contribution in [-0.2, 0) is 11.3 Å². The third-order valence-corrected chi connectivity index (χ3v) is 4.22. The van der Waals surface area contributed by atoms with E-state index in [4.69, 9.17) is 0 Å². The van der Waals surface area contributed by atoms with Gasteiger partial charge in [0.2, 0.25) is 5.91 Å². The topological polar surface area (TPSA) is 78.4 Å². The number of rotatable bonds is 4. The monoisotopic (exact) mass is 339 g/mol. The maximum atomic E-state index is 12.6. The number of hydrogen-bond acceptors (Lipinski definition) is 5. The van der Waals surface area contributed by atoms with Gasteiger partial charge >= 0.3 is 0 Å². The van der Waals surface area contributed by atoms with Crippen LogP contribution < -0.4 is 5.32 Å². The van der Waals surface area contributed by atoms with Crippen molar-refractivity contribution in [1.29, 1.82) is 0 Å². The second-order valence-electron chi connectivity index (χ2n) is 5.98. The normalized spacial score (nSPS) is 14.3. The van der Waals surface area contributed by atoms with Gasteiger partial charge in [-0.2, -0.15) is 0 Å². The van der Waals surface area contributed by atoms with Gasteiger partial charge < -0.3 is 15.1 Å². The number of hydrogen-bond donors (Lipinski definition) is 1. The molecule has 7 heteroatoms. The molecule has 1 saturated heterocycles. The lowest BCUT2D eigenvalue weighted by Crippen LogP contribution is -2.50. The zero-order valence-corrected chi connectivity index (χ0v) is 14.2. The quantitative estimate of drug-likeness (QED) is 0.911. The number of pyridine rings is 2. The van der Waals surface area contributed by atoms with Gasteiger partial charge in [-0.15, -0.1) is 0 Å². The highest BCUT2D eigenvalue weighted by Crippen LogP contribution is 2.13. The Bertz CT molecular complexity index is 742. The third kappa shape index (κ3) is 4.32. The summed E-state index contributed by atoms with van der Waals surface area (Å²) in [5, 5.41) is 3.25. The molecule has 0 atom stereocenters. The predicted molar refractivity (Wildman–Crippen MR) is 94.0 cm³/mol. The molecule has 0 aliphatic carbocycles. The lowest BCUT2D eigenvalue weighted by Gasteiger charge is -2.34. The highest BCUT2D eigenvalue weighted by molar-refractivity contribution is 5.95. The third-order valence-electron chi connectivity index (χ3n) is 4.22. The summed E-state index contributed by atoms with van der Waals surface area (Å²) in [5.74, 6) is -0.00362. The summed E-state index contributed by atoms with van der Waals surface area (Å²) in [4.78, 5) is 35.8.